The summed E-state index contributed by atoms with van der Waals surface area (Å²) in [6.45, 7) is 8.13. The minimum Gasteiger partial charge on any atom is -0.462 e. The number of piperidine rings is 1. The van der Waals surface area contributed by atoms with Crippen LogP contribution in [0.1, 0.15) is 57.5 Å². The average Bonchev–Trinajstić information content (AvgIpc) is 3.18. The molecule has 6 rings (SSSR count). The lowest BCUT2D eigenvalue weighted by molar-refractivity contribution is -0.274. The molecule has 2 aromatic heterocycles. The molecule has 1 aliphatic heterocycles. The number of fused-ring (bicyclic) bond motifs is 1. The van der Waals surface area contributed by atoms with E-state index < -0.39 is 29.1 Å². The molecule has 0 N–H and O–H groups in total. The second kappa shape index (κ2) is 17.4. The summed E-state index contributed by atoms with van der Waals surface area (Å²) >= 11 is 0. The summed E-state index contributed by atoms with van der Waals surface area (Å²) in [6.07, 6.45) is -2.51. The third-order valence-electron chi connectivity index (χ3n) is 10.3. The molecule has 3 heterocycles. The van der Waals surface area contributed by atoms with E-state index in [0.717, 1.165) is 17.2 Å². The van der Waals surface area contributed by atoms with Gasteiger partial charge in [0.15, 0.2) is 11.6 Å². The standard InChI is InChI=1S/C43H44F5N5O5/c1-27(2)57-41(56)42(3,4)51-23-20-32(21-24-51)52(25-28-10-12-29(13-11-28)30-14-17-33(18-15-30)58-43(46,47)48)37(54)26-53-36(19-16-31-7-5-9-35(44)38(31)45)50-40(55)34-8-6-22-49-39(34)53/h5-15,17-18,22,27,32H,16,19-21,23-26H2,1-4H3. The van der Waals surface area contributed by atoms with Gasteiger partial charge in [-0.1, -0.05) is 48.5 Å². The predicted octanol–water partition coefficient (Wildman–Crippen LogP) is 7.64. The molecule has 0 saturated carbocycles. The van der Waals surface area contributed by atoms with Gasteiger partial charge in [-0.3, -0.25) is 19.3 Å². The fourth-order valence-corrected chi connectivity index (χ4v) is 7.20. The Morgan fingerprint density at radius 3 is 2.19 bits per heavy atom. The highest BCUT2D eigenvalue weighted by atomic mass is 19.4. The quantitative estimate of drug-likeness (QED) is 0.0884. The Hall–Kier alpha value is -5.70. The van der Waals surface area contributed by atoms with Crippen molar-refractivity contribution in [1.82, 2.24) is 24.3 Å². The molecule has 0 radical (unpaired) electrons. The number of esters is 1. The van der Waals surface area contributed by atoms with Crippen LogP contribution in [-0.4, -0.2) is 73.3 Å². The number of hydrogen-bond acceptors (Lipinski definition) is 8. The minimum absolute atomic E-state index is 0.00416. The van der Waals surface area contributed by atoms with Crippen molar-refractivity contribution in [2.75, 3.05) is 13.1 Å². The van der Waals surface area contributed by atoms with E-state index in [1.165, 1.54) is 42.6 Å². The van der Waals surface area contributed by atoms with Gasteiger partial charge in [0, 0.05) is 38.3 Å². The first-order valence-corrected chi connectivity index (χ1v) is 19.0. The number of pyridine rings is 1. The molecule has 0 aliphatic carbocycles. The number of hydrogen-bond donors (Lipinski definition) is 0. The lowest BCUT2D eigenvalue weighted by Crippen LogP contribution is -2.57. The second-order valence-corrected chi connectivity index (χ2v) is 15.0. The third kappa shape index (κ3) is 9.87. The van der Waals surface area contributed by atoms with E-state index >= 15 is 0 Å². The Balaban J connectivity index is 1.29. The molecule has 10 nitrogen and oxygen atoms in total. The van der Waals surface area contributed by atoms with E-state index in [0.29, 0.717) is 31.5 Å². The van der Waals surface area contributed by atoms with E-state index in [2.05, 4.69) is 14.7 Å². The van der Waals surface area contributed by atoms with Crippen molar-refractivity contribution in [1.29, 1.82) is 0 Å². The first kappa shape index (κ1) is 41.9. The molecule has 15 heteroatoms. The molecule has 306 valence electrons. The summed E-state index contributed by atoms with van der Waals surface area (Å²) in [6, 6.07) is 19.6. The average molecular weight is 806 g/mol. The van der Waals surface area contributed by atoms with Crippen LogP contribution >= 0.6 is 0 Å². The number of rotatable bonds is 13. The molecule has 0 bridgehead atoms. The van der Waals surface area contributed by atoms with E-state index in [-0.39, 0.29) is 78.1 Å². The molecule has 1 fully saturated rings. The van der Waals surface area contributed by atoms with E-state index in [1.54, 1.807) is 35.4 Å². The van der Waals surface area contributed by atoms with Crippen molar-refractivity contribution >= 4 is 22.9 Å². The largest absolute Gasteiger partial charge is 0.573 e. The van der Waals surface area contributed by atoms with Gasteiger partial charge in [-0.15, -0.1) is 13.2 Å². The number of likely N-dealkylation sites (tertiary alicyclic amines) is 1. The molecule has 58 heavy (non-hydrogen) atoms. The summed E-state index contributed by atoms with van der Waals surface area (Å²) < 4.78 is 77.8. The van der Waals surface area contributed by atoms with Gasteiger partial charge in [-0.2, -0.15) is 4.98 Å². The fraction of sp³-hybridized carbons (Fsp3) is 0.372. The number of benzene rings is 3. The molecule has 0 unspecified atom stereocenters. The number of amides is 1. The Morgan fingerprint density at radius 1 is 0.897 bits per heavy atom. The monoisotopic (exact) mass is 805 g/mol. The molecule has 1 aliphatic rings. The predicted molar refractivity (Wildman–Crippen MR) is 207 cm³/mol. The topological polar surface area (TPSA) is 107 Å². The van der Waals surface area contributed by atoms with Gasteiger partial charge < -0.3 is 18.9 Å². The van der Waals surface area contributed by atoms with E-state index in [4.69, 9.17) is 4.74 Å². The van der Waals surface area contributed by atoms with Crippen molar-refractivity contribution < 1.29 is 41.0 Å². The van der Waals surface area contributed by atoms with Crippen LogP contribution in [0.3, 0.4) is 0 Å². The first-order chi connectivity index (χ1) is 27.5. The summed E-state index contributed by atoms with van der Waals surface area (Å²) in [5.41, 5.74) is 1.03. The Bertz CT molecular complexity index is 2300. The molecule has 3 aromatic carbocycles. The zero-order valence-corrected chi connectivity index (χ0v) is 32.6. The summed E-state index contributed by atoms with van der Waals surface area (Å²) in [5.74, 6) is -2.79. The van der Waals surface area contributed by atoms with Crippen molar-refractivity contribution in [3.63, 3.8) is 0 Å². The normalized spacial score (nSPS) is 14.2. The van der Waals surface area contributed by atoms with Gasteiger partial charge in [0.05, 0.1) is 11.5 Å². The third-order valence-corrected chi connectivity index (χ3v) is 10.3. The van der Waals surface area contributed by atoms with Gasteiger partial charge in [0.1, 0.15) is 29.3 Å². The van der Waals surface area contributed by atoms with Crippen molar-refractivity contribution in [3.05, 3.63) is 124 Å². The van der Waals surface area contributed by atoms with Gasteiger partial charge in [0.25, 0.3) is 5.56 Å². The van der Waals surface area contributed by atoms with E-state index in [1.807, 2.05) is 43.0 Å². The van der Waals surface area contributed by atoms with Gasteiger partial charge >= 0.3 is 12.3 Å². The molecule has 0 spiro atoms. The molecule has 5 aromatic rings. The summed E-state index contributed by atoms with van der Waals surface area (Å²) in [5, 5.41) is 0.194. The van der Waals surface area contributed by atoms with Crippen LogP contribution in [0.25, 0.3) is 22.2 Å². The van der Waals surface area contributed by atoms with Crippen LogP contribution in [0.4, 0.5) is 22.0 Å². The number of aryl methyl sites for hydroxylation is 2. The van der Waals surface area contributed by atoms with Crippen molar-refractivity contribution in [2.45, 2.75) is 90.5 Å². The highest BCUT2D eigenvalue weighted by molar-refractivity contribution is 5.81. The van der Waals surface area contributed by atoms with Crippen LogP contribution in [0.15, 0.2) is 89.9 Å². The number of ether oxygens (including phenoxy) is 2. The number of halogens is 5. The minimum atomic E-state index is -4.80. The Morgan fingerprint density at radius 2 is 1.55 bits per heavy atom. The van der Waals surface area contributed by atoms with Crippen LogP contribution < -0.4 is 10.3 Å². The number of carbonyl (C=O) groups excluding carboxylic acids is 2. The zero-order chi connectivity index (χ0) is 41.8. The van der Waals surface area contributed by atoms with Crippen LogP contribution in [-0.2, 0) is 40.3 Å². The smallest absolute Gasteiger partial charge is 0.462 e. The molecular weight excluding hydrogens is 761 g/mol. The lowest BCUT2D eigenvalue weighted by Gasteiger charge is -2.44. The van der Waals surface area contributed by atoms with Gasteiger partial charge in [0.2, 0.25) is 5.91 Å². The summed E-state index contributed by atoms with van der Waals surface area (Å²) in [4.78, 5) is 53.4. The SMILES string of the molecule is CC(C)OC(=O)C(C)(C)N1CCC(N(Cc2ccc(-c3ccc(OC(F)(F)F)cc3)cc2)C(=O)Cn2c(CCc3cccc(F)c3F)nc(=O)c3cccnc32)CC1. The number of aromatic nitrogens is 3. The summed E-state index contributed by atoms with van der Waals surface area (Å²) in [7, 11) is 0. The molecule has 1 amide bonds. The molecule has 0 atom stereocenters. The van der Waals surface area contributed by atoms with Gasteiger partial charge in [-0.05, 0) is 99.5 Å². The van der Waals surface area contributed by atoms with Crippen molar-refractivity contribution in [2.24, 2.45) is 0 Å². The molecule has 1 saturated heterocycles. The number of carbonyl (C=O) groups is 2. The maximum absolute atomic E-state index is 14.7. The molecular formula is C43H44F5N5O5. The Kier molecular flexibility index (Phi) is 12.6. The number of nitrogens with zero attached hydrogens (tertiary/aromatic N) is 5. The fourth-order valence-electron chi connectivity index (χ4n) is 7.20. The highest BCUT2D eigenvalue weighted by Crippen LogP contribution is 2.29. The van der Waals surface area contributed by atoms with E-state index in [9.17, 15) is 36.3 Å². The number of alkyl halides is 3. The maximum Gasteiger partial charge on any atom is 0.573 e. The maximum atomic E-state index is 14.7. The lowest BCUT2D eigenvalue weighted by atomic mass is 9.95. The first-order valence-electron chi connectivity index (χ1n) is 19.0. The Labute approximate surface area is 332 Å². The van der Waals surface area contributed by atoms with Gasteiger partial charge in [-0.25, -0.2) is 13.8 Å². The zero-order valence-electron chi connectivity index (χ0n) is 32.6. The van der Waals surface area contributed by atoms with Crippen LogP contribution in [0.5, 0.6) is 5.75 Å². The second-order valence-electron chi connectivity index (χ2n) is 15.0. The van der Waals surface area contributed by atoms with Crippen LogP contribution in [0, 0.1) is 11.6 Å². The van der Waals surface area contributed by atoms with Crippen molar-refractivity contribution in [3.8, 4) is 16.9 Å². The van der Waals surface area contributed by atoms with Crippen LogP contribution in [0.2, 0.25) is 0 Å². The highest BCUT2D eigenvalue weighted by Gasteiger charge is 2.40.